The molecule has 6 heterocycles. The Labute approximate surface area is 288 Å². The summed E-state index contributed by atoms with van der Waals surface area (Å²) in [6.07, 6.45) is 20.7. The van der Waals surface area contributed by atoms with Gasteiger partial charge in [0.1, 0.15) is 0 Å². The fourth-order valence-corrected chi connectivity index (χ4v) is 17.7. The molecule has 5 unspecified atom stereocenters. The first kappa shape index (κ1) is 26.0. The van der Waals surface area contributed by atoms with E-state index in [2.05, 4.69) is 125 Å². The lowest BCUT2D eigenvalue weighted by molar-refractivity contribution is 0.796. The van der Waals surface area contributed by atoms with Gasteiger partial charge < -0.3 is 0 Å². The van der Waals surface area contributed by atoms with Gasteiger partial charge in [0.2, 0.25) is 0 Å². The van der Waals surface area contributed by atoms with Gasteiger partial charge >= 0.3 is 0 Å². The summed E-state index contributed by atoms with van der Waals surface area (Å²) < 4.78 is 0. The van der Waals surface area contributed by atoms with Crippen LogP contribution in [0.2, 0.25) is 0 Å². The molecule has 0 bridgehead atoms. The Morgan fingerprint density at radius 2 is 1.38 bits per heavy atom. The first-order valence-electron chi connectivity index (χ1n) is 16.1. The van der Waals surface area contributed by atoms with E-state index in [1.54, 1.807) is 80.1 Å². The van der Waals surface area contributed by atoms with Crippen molar-refractivity contribution < 1.29 is 0 Å². The maximum Gasteiger partial charge on any atom is 0.0616 e. The Morgan fingerprint density at radius 1 is 0.667 bits per heavy atom. The quantitative estimate of drug-likeness (QED) is 0.173. The smallest absolute Gasteiger partial charge is 0.0616 e. The number of hydrogen-bond donors (Lipinski definition) is 0. The molecule has 220 valence electrons. The number of thiophene rings is 4. The van der Waals surface area contributed by atoms with Crippen molar-refractivity contribution in [3.05, 3.63) is 136 Å². The van der Waals surface area contributed by atoms with Crippen LogP contribution in [-0.4, -0.2) is 5.25 Å². The Kier molecular flexibility index (Phi) is 5.24. The van der Waals surface area contributed by atoms with E-state index >= 15 is 0 Å². The van der Waals surface area contributed by atoms with Crippen LogP contribution in [-0.2, 0) is 19.3 Å². The molecule has 6 aliphatic carbocycles. The van der Waals surface area contributed by atoms with E-state index in [1.165, 1.54) is 27.5 Å². The minimum atomic E-state index is 0.520. The summed E-state index contributed by atoms with van der Waals surface area (Å²) in [5.41, 5.74) is 16.2. The monoisotopic (exact) mass is 688 g/mol. The molecule has 0 N–H and O–H groups in total. The largest absolute Gasteiger partial charge is 0.139 e. The van der Waals surface area contributed by atoms with Crippen molar-refractivity contribution in [1.82, 2.24) is 0 Å². The van der Waals surface area contributed by atoms with Crippen molar-refractivity contribution in [3.8, 4) is 19.5 Å². The van der Waals surface area contributed by atoms with Gasteiger partial charge in [-0.15, -0.1) is 68.9 Å². The van der Waals surface area contributed by atoms with E-state index in [4.69, 9.17) is 0 Å². The minimum absolute atomic E-state index is 0.520. The van der Waals surface area contributed by atoms with Gasteiger partial charge in [-0.3, -0.25) is 0 Å². The molecule has 45 heavy (non-hydrogen) atoms. The second-order valence-electron chi connectivity index (χ2n) is 13.8. The topological polar surface area (TPSA) is 0 Å². The lowest BCUT2D eigenvalue weighted by atomic mass is 9.97. The van der Waals surface area contributed by atoms with Crippen LogP contribution in [0.15, 0.2) is 94.2 Å². The standard InChI is InChI=1S/C39H28S6/c1-17-5-21-8-23-13-30(42-35(23)34(21)40-17)31-15-25-10-26-16-33(45-39(26)38(25)44-31)32-14-24-9-22-12-29(41-36(22)37(24)43-32)20-7-19-6-18-3-2-4-27(18)28(19)11-20/h2-5,11-16,18,29,31,36,38H,6-10H2,1H3. The minimum Gasteiger partial charge on any atom is -0.139 e. The lowest BCUT2D eigenvalue weighted by Crippen LogP contribution is -2.02. The van der Waals surface area contributed by atoms with E-state index in [0.29, 0.717) is 26.9 Å². The Bertz CT molecular complexity index is 2240. The van der Waals surface area contributed by atoms with Crippen molar-refractivity contribution in [1.29, 1.82) is 0 Å². The van der Waals surface area contributed by atoms with E-state index in [-0.39, 0.29) is 0 Å². The van der Waals surface area contributed by atoms with Crippen LogP contribution in [0.3, 0.4) is 0 Å². The van der Waals surface area contributed by atoms with Crippen LogP contribution >= 0.6 is 68.9 Å². The van der Waals surface area contributed by atoms with Gasteiger partial charge in [0.15, 0.2) is 0 Å². The highest BCUT2D eigenvalue weighted by Gasteiger charge is 2.42. The summed E-state index contributed by atoms with van der Waals surface area (Å²) >= 11 is 12.7. The molecule has 0 radical (unpaired) electrons. The van der Waals surface area contributed by atoms with Crippen LogP contribution in [0.1, 0.15) is 70.4 Å². The average Bonchev–Trinajstić information content (AvgIpc) is 3.81. The van der Waals surface area contributed by atoms with Crippen LogP contribution < -0.4 is 0 Å². The second kappa shape index (κ2) is 9.09. The lowest BCUT2D eigenvalue weighted by Gasteiger charge is -2.14. The zero-order valence-corrected chi connectivity index (χ0v) is 29.5. The third-order valence-corrected chi connectivity index (χ3v) is 19.8. The highest BCUT2D eigenvalue weighted by atomic mass is 32.2. The molecule has 5 atom stereocenters. The molecular weight excluding hydrogens is 661 g/mol. The molecule has 2 aliphatic heterocycles. The van der Waals surface area contributed by atoms with Gasteiger partial charge in [0, 0.05) is 56.6 Å². The maximum atomic E-state index is 2.64. The number of hydrogen-bond acceptors (Lipinski definition) is 6. The molecule has 0 amide bonds. The first-order chi connectivity index (χ1) is 22.1. The van der Waals surface area contributed by atoms with Gasteiger partial charge in [-0.05, 0) is 95.8 Å². The molecule has 6 heteroatoms. The molecule has 8 aliphatic rings. The van der Waals surface area contributed by atoms with Gasteiger partial charge in [0.05, 0.1) is 15.7 Å². The van der Waals surface area contributed by atoms with E-state index < -0.39 is 0 Å². The van der Waals surface area contributed by atoms with Gasteiger partial charge in [0.25, 0.3) is 0 Å². The van der Waals surface area contributed by atoms with E-state index in [9.17, 15) is 0 Å². The van der Waals surface area contributed by atoms with Crippen LogP contribution in [0, 0.1) is 12.8 Å². The average molecular weight is 689 g/mol. The molecule has 0 saturated carbocycles. The molecule has 4 aromatic rings. The zero-order chi connectivity index (χ0) is 29.1. The Morgan fingerprint density at radius 3 is 2.18 bits per heavy atom. The fraction of sp³-hybridized carbons (Fsp3) is 0.282. The maximum absolute atomic E-state index is 2.64. The van der Waals surface area contributed by atoms with E-state index in [1.807, 2.05) is 11.3 Å². The Hall–Kier alpha value is -2.06. The number of thioether (sulfide) groups is 2. The Balaban J connectivity index is 0.772. The highest BCUT2D eigenvalue weighted by molar-refractivity contribution is 8.01. The predicted molar refractivity (Wildman–Crippen MR) is 199 cm³/mol. The van der Waals surface area contributed by atoms with Gasteiger partial charge in [-0.25, -0.2) is 0 Å². The molecule has 0 saturated heterocycles. The van der Waals surface area contributed by atoms with Gasteiger partial charge in [-0.2, -0.15) is 0 Å². The summed E-state index contributed by atoms with van der Waals surface area (Å²) in [5.74, 6) is 0.671. The van der Waals surface area contributed by atoms with Crippen LogP contribution in [0.25, 0.3) is 19.5 Å². The van der Waals surface area contributed by atoms with Crippen molar-refractivity contribution in [2.75, 3.05) is 0 Å². The van der Waals surface area contributed by atoms with Crippen molar-refractivity contribution in [2.24, 2.45) is 5.92 Å². The number of fused-ring (bicyclic) bond motifs is 11. The summed E-state index contributed by atoms with van der Waals surface area (Å²) in [4.78, 5) is 12.4. The predicted octanol–water partition coefficient (Wildman–Crippen LogP) is 12.3. The summed E-state index contributed by atoms with van der Waals surface area (Å²) in [7, 11) is 0. The third-order valence-electron chi connectivity index (χ3n) is 11.1. The number of rotatable bonds is 3. The molecule has 0 fully saturated rings. The second-order valence-corrected chi connectivity index (χ2v) is 20.8. The molecule has 12 rings (SSSR count). The van der Waals surface area contributed by atoms with Crippen LogP contribution in [0.5, 0.6) is 0 Å². The number of allylic oxidation sites excluding steroid dienone is 7. The fourth-order valence-electron chi connectivity index (χ4n) is 9.10. The summed E-state index contributed by atoms with van der Waals surface area (Å²) in [5, 5.41) is 2.22. The first-order valence-corrected chi connectivity index (χ1v) is 21.3. The SMILES string of the molecule is Cc1cc2c(s1)-c1sc(C3C=C4Cc5cc(-c6cc7c(s6)C6SC(C8=CC9=C(C8)CC8C=CC=C98)C=C6C7)sc5C4S3)cc1C2. The summed E-state index contributed by atoms with van der Waals surface area (Å²) in [6.45, 7) is 2.25. The number of aryl methyl sites for hydroxylation is 1. The van der Waals surface area contributed by atoms with E-state index in [0.717, 1.165) is 19.3 Å². The molecule has 4 aromatic heterocycles. The van der Waals surface area contributed by atoms with Gasteiger partial charge in [-0.1, -0.05) is 53.2 Å². The molecule has 0 aromatic carbocycles. The third kappa shape index (κ3) is 3.62. The van der Waals surface area contributed by atoms with Crippen molar-refractivity contribution in [2.45, 2.75) is 60.0 Å². The zero-order valence-electron chi connectivity index (χ0n) is 24.6. The normalized spacial score (nSPS) is 29.0. The van der Waals surface area contributed by atoms with Crippen LogP contribution in [0.4, 0.5) is 0 Å². The molecule has 0 nitrogen and oxygen atoms in total. The molecule has 0 spiro atoms. The molecular formula is C39H28S6. The summed E-state index contributed by atoms with van der Waals surface area (Å²) in [6, 6.07) is 10.0. The van der Waals surface area contributed by atoms with Crippen molar-refractivity contribution in [3.63, 3.8) is 0 Å². The van der Waals surface area contributed by atoms with Crippen molar-refractivity contribution >= 4 is 68.9 Å². The highest BCUT2D eigenvalue weighted by Crippen LogP contribution is 2.63.